The van der Waals surface area contributed by atoms with E-state index in [4.69, 9.17) is 4.42 Å². The Morgan fingerprint density at radius 2 is 2.23 bits per heavy atom. The standard InChI is InChI=1S/C18H24N4O4/c1-2-3-4-5-14(11-22(25)13-23)18(24)21-20-17-8-16(9-19-10-17)15-6-7-26-12-15/h6-10,12-14,20,25H,2-5,11H2,1H3,(H,21,24)/t14-/m1/s1. The minimum atomic E-state index is -0.505. The van der Waals surface area contributed by atoms with Gasteiger partial charge >= 0.3 is 0 Å². The molecule has 2 amide bonds. The summed E-state index contributed by atoms with van der Waals surface area (Å²) in [6, 6.07) is 3.65. The minimum absolute atomic E-state index is 0.0476. The Balaban J connectivity index is 1.95. The van der Waals surface area contributed by atoms with E-state index in [1.807, 2.05) is 12.1 Å². The summed E-state index contributed by atoms with van der Waals surface area (Å²) in [5.41, 5.74) is 7.79. The number of nitrogens with zero attached hydrogens (tertiary/aromatic N) is 2. The maximum absolute atomic E-state index is 12.4. The molecule has 2 aromatic rings. The molecule has 3 N–H and O–H groups in total. The third kappa shape index (κ3) is 5.89. The van der Waals surface area contributed by atoms with E-state index in [1.165, 1.54) is 0 Å². The van der Waals surface area contributed by atoms with Crippen LogP contribution in [0.1, 0.15) is 32.6 Å². The quantitative estimate of drug-likeness (QED) is 0.246. The zero-order valence-electron chi connectivity index (χ0n) is 14.7. The van der Waals surface area contributed by atoms with Gasteiger partial charge in [0, 0.05) is 17.3 Å². The van der Waals surface area contributed by atoms with Crippen LogP contribution >= 0.6 is 0 Å². The third-order valence-electron chi connectivity index (χ3n) is 3.98. The highest BCUT2D eigenvalue weighted by atomic mass is 16.5. The lowest BCUT2D eigenvalue weighted by Gasteiger charge is -2.20. The number of hydrazine groups is 1. The third-order valence-corrected chi connectivity index (χ3v) is 3.98. The molecular formula is C18H24N4O4. The van der Waals surface area contributed by atoms with Crippen molar-refractivity contribution in [3.8, 4) is 11.1 Å². The molecule has 0 aliphatic rings. The van der Waals surface area contributed by atoms with Crippen LogP contribution in [0.25, 0.3) is 11.1 Å². The number of unbranched alkanes of at least 4 members (excludes halogenated alkanes) is 2. The number of furan rings is 1. The number of hydroxylamine groups is 2. The van der Waals surface area contributed by atoms with Crippen molar-refractivity contribution in [1.82, 2.24) is 15.5 Å². The van der Waals surface area contributed by atoms with Gasteiger partial charge in [-0.1, -0.05) is 26.2 Å². The number of rotatable bonds is 11. The highest BCUT2D eigenvalue weighted by Gasteiger charge is 2.20. The first-order valence-corrected chi connectivity index (χ1v) is 8.58. The lowest BCUT2D eigenvalue weighted by molar-refractivity contribution is -0.154. The predicted octanol–water partition coefficient (Wildman–Crippen LogP) is 2.83. The predicted molar refractivity (Wildman–Crippen MR) is 95.9 cm³/mol. The first-order chi connectivity index (χ1) is 12.6. The number of anilines is 1. The molecule has 0 bridgehead atoms. The molecule has 0 unspecified atom stereocenters. The molecule has 0 saturated heterocycles. The van der Waals surface area contributed by atoms with Crippen LogP contribution in [0.2, 0.25) is 0 Å². The van der Waals surface area contributed by atoms with Crippen molar-refractivity contribution in [3.63, 3.8) is 0 Å². The van der Waals surface area contributed by atoms with E-state index in [1.54, 1.807) is 24.9 Å². The van der Waals surface area contributed by atoms with E-state index < -0.39 is 5.92 Å². The molecular weight excluding hydrogens is 336 g/mol. The summed E-state index contributed by atoms with van der Waals surface area (Å²) in [5, 5.41) is 9.90. The second-order valence-corrected chi connectivity index (χ2v) is 6.01. The van der Waals surface area contributed by atoms with Crippen LogP contribution in [-0.2, 0) is 9.59 Å². The van der Waals surface area contributed by atoms with Gasteiger partial charge in [-0.25, -0.2) is 5.06 Å². The van der Waals surface area contributed by atoms with Crippen molar-refractivity contribution >= 4 is 18.0 Å². The largest absolute Gasteiger partial charge is 0.472 e. The van der Waals surface area contributed by atoms with Crippen molar-refractivity contribution in [3.05, 3.63) is 37.1 Å². The molecule has 2 rings (SSSR count). The number of aromatic nitrogens is 1. The number of hydrogen-bond donors (Lipinski definition) is 3. The Kier molecular flexibility index (Phi) is 7.63. The van der Waals surface area contributed by atoms with Crippen LogP contribution in [0.5, 0.6) is 0 Å². The summed E-state index contributed by atoms with van der Waals surface area (Å²) in [7, 11) is 0. The zero-order chi connectivity index (χ0) is 18.8. The van der Waals surface area contributed by atoms with Crippen molar-refractivity contribution in [2.24, 2.45) is 5.92 Å². The van der Waals surface area contributed by atoms with Gasteiger partial charge in [0.15, 0.2) is 0 Å². The molecule has 8 nitrogen and oxygen atoms in total. The fourth-order valence-corrected chi connectivity index (χ4v) is 2.55. The number of hydrogen-bond acceptors (Lipinski definition) is 6. The van der Waals surface area contributed by atoms with Gasteiger partial charge in [0.1, 0.15) is 0 Å². The van der Waals surface area contributed by atoms with Crippen LogP contribution in [0, 0.1) is 5.92 Å². The molecule has 0 radical (unpaired) electrons. The topological polar surface area (TPSA) is 108 Å². The van der Waals surface area contributed by atoms with Gasteiger partial charge in [0.25, 0.3) is 0 Å². The summed E-state index contributed by atoms with van der Waals surface area (Å²) in [4.78, 5) is 27.2. The summed E-state index contributed by atoms with van der Waals surface area (Å²) in [5.74, 6) is -0.801. The molecule has 0 saturated carbocycles. The maximum Gasteiger partial charge on any atom is 0.243 e. The van der Waals surface area contributed by atoms with Gasteiger partial charge in [-0.15, -0.1) is 0 Å². The molecule has 2 heterocycles. The summed E-state index contributed by atoms with van der Waals surface area (Å²) < 4.78 is 5.06. The van der Waals surface area contributed by atoms with E-state index in [9.17, 15) is 14.8 Å². The number of carbonyl (C=O) groups is 2. The lowest BCUT2D eigenvalue weighted by Crippen LogP contribution is -2.40. The first kappa shape index (κ1) is 19.5. The molecule has 0 aliphatic heterocycles. The van der Waals surface area contributed by atoms with E-state index in [0.29, 0.717) is 23.6 Å². The van der Waals surface area contributed by atoms with E-state index in [2.05, 4.69) is 22.8 Å². The summed E-state index contributed by atoms with van der Waals surface area (Å²) in [6.07, 6.45) is 10.2. The molecule has 1 atom stereocenters. The normalized spacial score (nSPS) is 11.6. The van der Waals surface area contributed by atoms with Crippen LogP contribution in [0.15, 0.2) is 41.5 Å². The Labute approximate surface area is 152 Å². The number of pyridine rings is 1. The lowest BCUT2D eigenvalue weighted by atomic mass is 10.0. The maximum atomic E-state index is 12.4. The summed E-state index contributed by atoms with van der Waals surface area (Å²) >= 11 is 0. The highest BCUT2D eigenvalue weighted by Crippen LogP contribution is 2.21. The number of nitrogens with one attached hydrogen (secondary N) is 2. The second kappa shape index (κ2) is 10.2. The Morgan fingerprint density at radius 3 is 2.92 bits per heavy atom. The Morgan fingerprint density at radius 1 is 1.38 bits per heavy atom. The fourth-order valence-electron chi connectivity index (χ4n) is 2.55. The van der Waals surface area contributed by atoms with Gasteiger partial charge in [0.05, 0.1) is 36.9 Å². The fraction of sp³-hybridized carbons (Fsp3) is 0.389. The highest BCUT2D eigenvalue weighted by molar-refractivity contribution is 5.80. The van der Waals surface area contributed by atoms with Crippen molar-refractivity contribution in [2.75, 3.05) is 12.0 Å². The minimum Gasteiger partial charge on any atom is -0.472 e. The van der Waals surface area contributed by atoms with Crippen LogP contribution < -0.4 is 10.9 Å². The monoisotopic (exact) mass is 360 g/mol. The smallest absolute Gasteiger partial charge is 0.243 e. The van der Waals surface area contributed by atoms with E-state index in [0.717, 1.165) is 30.4 Å². The van der Waals surface area contributed by atoms with Gasteiger partial charge in [-0.3, -0.25) is 30.6 Å². The average Bonchev–Trinajstić information content (AvgIpc) is 3.20. The second-order valence-electron chi connectivity index (χ2n) is 6.01. The van der Waals surface area contributed by atoms with E-state index >= 15 is 0 Å². The van der Waals surface area contributed by atoms with Crippen molar-refractivity contribution in [2.45, 2.75) is 32.6 Å². The molecule has 140 valence electrons. The molecule has 0 aromatic carbocycles. The molecule has 2 aromatic heterocycles. The Bertz CT molecular complexity index is 690. The van der Waals surface area contributed by atoms with E-state index in [-0.39, 0.29) is 12.5 Å². The van der Waals surface area contributed by atoms with Gasteiger partial charge in [0.2, 0.25) is 12.3 Å². The number of carbonyl (C=O) groups excluding carboxylic acids is 2. The molecule has 0 aliphatic carbocycles. The van der Waals surface area contributed by atoms with Gasteiger partial charge < -0.3 is 4.42 Å². The molecule has 8 heteroatoms. The number of amides is 2. The van der Waals surface area contributed by atoms with Crippen molar-refractivity contribution < 1.29 is 19.2 Å². The Hall–Kier alpha value is -2.87. The molecule has 26 heavy (non-hydrogen) atoms. The van der Waals surface area contributed by atoms with Gasteiger partial charge in [-0.2, -0.15) is 0 Å². The van der Waals surface area contributed by atoms with Gasteiger partial charge in [-0.05, 0) is 18.6 Å². The summed E-state index contributed by atoms with van der Waals surface area (Å²) in [6.45, 7) is 2.02. The van der Waals surface area contributed by atoms with Crippen LogP contribution in [0.4, 0.5) is 5.69 Å². The van der Waals surface area contributed by atoms with Crippen LogP contribution in [0.3, 0.4) is 0 Å². The zero-order valence-corrected chi connectivity index (χ0v) is 14.7. The first-order valence-electron chi connectivity index (χ1n) is 8.58. The van der Waals surface area contributed by atoms with Crippen molar-refractivity contribution in [1.29, 1.82) is 0 Å². The molecule has 0 spiro atoms. The SMILES string of the molecule is CCCCC[C@H](CN(O)C=O)C(=O)NNc1cncc(-c2ccoc2)c1. The molecule has 0 fully saturated rings. The van der Waals surface area contributed by atoms with Crippen LogP contribution in [-0.4, -0.2) is 34.1 Å². The average molecular weight is 360 g/mol.